The third kappa shape index (κ3) is 5.50. The number of methoxy groups -OCH3 is 1. The molecule has 36 heavy (non-hydrogen) atoms. The zero-order valence-electron chi connectivity index (χ0n) is 21.0. The molecule has 0 saturated carbocycles. The van der Waals surface area contributed by atoms with Gasteiger partial charge in [0.25, 0.3) is 0 Å². The Labute approximate surface area is 210 Å². The Hall–Kier alpha value is -3.50. The smallest absolute Gasteiger partial charge is 0.227 e. The predicted octanol–water partition coefficient (Wildman–Crippen LogP) is 3.74. The number of fused-ring (bicyclic) bond motifs is 1. The summed E-state index contributed by atoms with van der Waals surface area (Å²) in [5.41, 5.74) is 3.15. The van der Waals surface area contributed by atoms with E-state index < -0.39 is 11.6 Å². The van der Waals surface area contributed by atoms with Crippen molar-refractivity contribution in [1.29, 1.82) is 0 Å². The number of hydrogen-bond acceptors (Lipinski definition) is 8. The van der Waals surface area contributed by atoms with E-state index in [1.165, 1.54) is 25.3 Å². The number of ether oxygens (including phenoxy) is 2. The van der Waals surface area contributed by atoms with Crippen molar-refractivity contribution >= 4 is 17.3 Å². The number of rotatable bonds is 10. The highest BCUT2D eigenvalue weighted by Gasteiger charge is 2.23. The van der Waals surface area contributed by atoms with Gasteiger partial charge >= 0.3 is 0 Å². The van der Waals surface area contributed by atoms with E-state index in [9.17, 15) is 8.78 Å². The van der Waals surface area contributed by atoms with E-state index in [4.69, 9.17) is 9.47 Å². The van der Waals surface area contributed by atoms with E-state index >= 15 is 0 Å². The van der Waals surface area contributed by atoms with E-state index in [1.807, 2.05) is 26.2 Å². The van der Waals surface area contributed by atoms with Crippen LogP contribution in [0.4, 0.5) is 26.1 Å². The van der Waals surface area contributed by atoms with Crippen molar-refractivity contribution < 1.29 is 18.3 Å². The fourth-order valence-corrected chi connectivity index (χ4v) is 4.40. The number of nitrogens with one attached hydrogen (secondary N) is 3. The quantitative estimate of drug-likeness (QED) is 0.390. The zero-order valence-corrected chi connectivity index (χ0v) is 21.0. The van der Waals surface area contributed by atoms with Crippen LogP contribution in [-0.2, 0) is 6.42 Å². The molecule has 3 aromatic rings. The van der Waals surface area contributed by atoms with Gasteiger partial charge in [0.15, 0.2) is 5.82 Å². The Morgan fingerprint density at radius 2 is 2.03 bits per heavy atom. The number of aromatic nitrogens is 2. The molecule has 0 amide bonds. The number of benzene rings is 2. The topological polar surface area (TPSA) is 83.6 Å². The summed E-state index contributed by atoms with van der Waals surface area (Å²) in [6.45, 7) is 5.16. The van der Waals surface area contributed by atoms with Crippen LogP contribution in [0, 0.1) is 11.6 Å². The summed E-state index contributed by atoms with van der Waals surface area (Å²) in [7, 11) is 5.26. The van der Waals surface area contributed by atoms with Crippen LogP contribution in [-0.4, -0.2) is 63.5 Å². The van der Waals surface area contributed by atoms with Crippen LogP contribution in [0.3, 0.4) is 0 Å². The number of anilines is 3. The second-order valence-electron chi connectivity index (χ2n) is 8.52. The molecule has 0 fully saturated rings. The maximum atomic E-state index is 14.7. The normalized spacial score (nSPS) is 13.7. The van der Waals surface area contributed by atoms with Gasteiger partial charge < -0.3 is 30.3 Å². The van der Waals surface area contributed by atoms with Crippen molar-refractivity contribution in [3.8, 4) is 22.8 Å². The standard InChI is InChI=1S/C26H32F2N6O2/c1-5-34-8-9-36-25-16(11-19(30-3)14-29-2)10-18(13-22(25)34)32-26-31-15-21(28)24(33-26)20-7-6-17(27)12-23(20)35-4/h6-7,10,12-13,15,19,29-30H,5,8-9,11,14H2,1-4H3,(H,31,32,33). The van der Waals surface area contributed by atoms with Crippen molar-refractivity contribution in [2.75, 3.05) is 57.7 Å². The van der Waals surface area contributed by atoms with Crippen LogP contribution in [0.1, 0.15) is 12.5 Å². The minimum atomic E-state index is -0.633. The molecule has 1 aromatic heterocycles. The molecule has 0 bridgehead atoms. The van der Waals surface area contributed by atoms with Gasteiger partial charge in [-0.05, 0) is 57.3 Å². The fraction of sp³-hybridized carbons (Fsp3) is 0.385. The zero-order chi connectivity index (χ0) is 25.7. The van der Waals surface area contributed by atoms with Gasteiger partial charge in [0.2, 0.25) is 5.95 Å². The average molecular weight is 499 g/mol. The molecule has 0 spiro atoms. The first-order valence-electron chi connectivity index (χ1n) is 12.0. The molecule has 2 aromatic carbocycles. The first-order valence-corrected chi connectivity index (χ1v) is 12.0. The largest absolute Gasteiger partial charge is 0.496 e. The van der Waals surface area contributed by atoms with Crippen molar-refractivity contribution in [3.05, 3.63) is 53.7 Å². The minimum Gasteiger partial charge on any atom is -0.496 e. The lowest BCUT2D eigenvalue weighted by Gasteiger charge is -2.33. The van der Waals surface area contributed by atoms with Gasteiger partial charge in [-0.25, -0.2) is 18.7 Å². The maximum absolute atomic E-state index is 14.7. The molecule has 2 heterocycles. The summed E-state index contributed by atoms with van der Waals surface area (Å²) in [6, 6.07) is 8.10. The lowest BCUT2D eigenvalue weighted by atomic mass is 10.0. The molecule has 1 atom stereocenters. The Morgan fingerprint density at radius 3 is 2.75 bits per heavy atom. The first-order chi connectivity index (χ1) is 17.5. The maximum Gasteiger partial charge on any atom is 0.227 e. The summed E-state index contributed by atoms with van der Waals surface area (Å²) in [4.78, 5) is 10.8. The molecule has 0 aliphatic carbocycles. The Morgan fingerprint density at radius 1 is 1.19 bits per heavy atom. The summed E-state index contributed by atoms with van der Waals surface area (Å²) in [5.74, 6) is 0.163. The Balaban J connectivity index is 1.72. The van der Waals surface area contributed by atoms with E-state index in [0.29, 0.717) is 12.2 Å². The molecular weight excluding hydrogens is 466 g/mol. The Bertz CT molecular complexity index is 1210. The molecular formula is C26H32F2N6O2. The monoisotopic (exact) mass is 498 g/mol. The molecule has 4 rings (SSSR count). The van der Waals surface area contributed by atoms with Crippen molar-refractivity contribution in [2.24, 2.45) is 0 Å². The van der Waals surface area contributed by atoms with E-state index in [1.54, 1.807) is 0 Å². The van der Waals surface area contributed by atoms with E-state index in [-0.39, 0.29) is 23.4 Å². The third-order valence-electron chi connectivity index (χ3n) is 6.22. The van der Waals surface area contributed by atoms with Gasteiger partial charge in [0.1, 0.15) is 29.6 Å². The third-order valence-corrected chi connectivity index (χ3v) is 6.22. The van der Waals surface area contributed by atoms with Crippen LogP contribution in [0.5, 0.6) is 11.5 Å². The van der Waals surface area contributed by atoms with Gasteiger partial charge in [0, 0.05) is 36.4 Å². The predicted molar refractivity (Wildman–Crippen MR) is 138 cm³/mol. The van der Waals surface area contributed by atoms with Crippen LogP contribution in [0.15, 0.2) is 36.5 Å². The van der Waals surface area contributed by atoms with Crippen LogP contribution in [0.2, 0.25) is 0 Å². The summed E-state index contributed by atoms with van der Waals surface area (Å²) in [6.07, 6.45) is 1.84. The minimum absolute atomic E-state index is 0.0188. The number of hydrogen-bond donors (Lipinski definition) is 3. The highest BCUT2D eigenvalue weighted by molar-refractivity contribution is 5.73. The number of nitrogens with zero attached hydrogens (tertiary/aromatic N) is 3. The number of halogens is 2. The van der Waals surface area contributed by atoms with Crippen LogP contribution >= 0.6 is 0 Å². The van der Waals surface area contributed by atoms with E-state index in [2.05, 4.69) is 37.7 Å². The first kappa shape index (κ1) is 25.6. The molecule has 1 aliphatic rings. The molecule has 1 aliphatic heterocycles. The van der Waals surface area contributed by atoms with E-state index in [0.717, 1.165) is 54.9 Å². The lowest BCUT2D eigenvalue weighted by molar-refractivity contribution is 0.304. The molecule has 192 valence electrons. The molecule has 8 nitrogen and oxygen atoms in total. The number of likely N-dealkylation sites (N-methyl/N-ethyl adjacent to an activating group) is 3. The summed E-state index contributed by atoms with van der Waals surface area (Å²) in [5, 5.41) is 9.78. The second kappa shape index (κ2) is 11.5. The molecule has 1 unspecified atom stereocenters. The van der Waals surface area contributed by atoms with Gasteiger partial charge in [-0.1, -0.05) is 0 Å². The molecule has 0 saturated heterocycles. The highest BCUT2D eigenvalue weighted by Crippen LogP contribution is 2.39. The molecule has 0 radical (unpaired) electrons. The van der Waals surface area contributed by atoms with Gasteiger partial charge in [-0.3, -0.25) is 0 Å². The van der Waals surface area contributed by atoms with Crippen molar-refractivity contribution in [2.45, 2.75) is 19.4 Å². The average Bonchev–Trinajstić information content (AvgIpc) is 2.89. The summed E-state index contributed by atoms with van der Waals surface area (Å²) >= 11 is 0. The fourth-order valence-electron chi connectivity index (χ4n) is 4.40. The Kier molecular flexibility index (Phi) is 8.17. The summed E-state index contributed by atoms with van der Waals surface area (Å²) < 4.78 is 39.7. The molecule has 10 heteroatoms. The van der Waals surface area contributed by atoms with Crippen molar-refractivity contribution in [1.82, 2.24) is 20.6 Å². The van der Waals surface area contributed by atoms with Crippen molar-refractivity contribution in [3.63, 3.8) is 0 Å². The van der Waals surface area contributed by atoms with Gasteiger partial charge in [-0.15, -0.1) is 0 Å². The van der Waals surface area contributed by atoms with Crippen LogP contribution in [0.25, 0.3) is 11.3 Å². The SMILES string of the molecule is CCN1CCOc2c(CC(CNC)NC)cc(Nc3ncc(F)c(-c4ccc(F)cc4OC)n3)cc21. The van der Waals surface area contributed by atoms with Crippen LogP contribution < -0.4 is 30.3 Å². The second-order valence-corrected chi connectivity index (χ2v) is 8.52. The van der Waals surface area contributed by atoms with Gasteiger partial charge in [-0.2, -0.15) is 0 Å². The highest BCUT2D eigenvalue weighted by atomic mass is 19.1. The van der Waals surface area contributed by atoms with Gasteiger partial charge in [0.05, 0.1) is 25.5 Å². The molecule has 3 N–H and O–H groups in total. The lowest BCUT2D eigenvalue weighted by Crippen LogP contribution is -2.37.